The van der Waals surface area contributed by atoms with E-state index in [1.807, 2.05) is 28.8 Å². The number of benzene rings is 2. The molecular formula is C18H18N2O3. The van der Waals surface area contributed by atoms with Crippen molar-refractivity contribution in [2.24, 2.45) is 0 Å². The van der Waals surface area contributed by atoms with Gasteiger partial charge >= 0.3 is 0 Å². The molecule has 0 radical (unpaired) electrons. The number of aliphatic hydroxyl groups is 1. The maximum absolute atomic E-state index is 11.3. The van der Waals surface area contributed by atoms with Crippen molar-refractivity contribution >= 4 is 16.8 Å². The van der Waals surface area contributed by atoms with E-state index in [9.17, 15) is 9.90 Å². The normalized spacial score (nSPS) is 10.9. The molecule has 3 aromatic rings. The number of aromatic nitrogens is 2. The lowest BCUT2D eigenvalue weighted by molar-refractivity contribution is 0.101. The van der Waals surface area contributed by atoms with Crippen molar-refractivity contribution in [1.82, 2.24) is 9.55 Å². The smallest absolute Gasteiger partial charge is 0.159 e. The van der Waals surface area contributed by atoms with E-state index in [1.165, 1.54) is 6.92 Å². The van der Waals surface area contributed by atoms with Gasteiger partial charge in [-0.1, -0.05) is 12.1 Å². The van der Waals surface area contributed by atoms with Crippen molar-refractivity contribution in [2.75, 3.05) is 6.61 Å². The van der Waals surface area contributed by atoms with E-state index in [-0.39, 0.29) is 12.4 Å². The van der Waals surface area contributed by atoms with Gasteiger partial charge in [0.25, 0.3) is 0 Å². The fraction of sp³-hybridized carbons (Fsp3) is 0.222. The Morgan fingerprint density at radius 1 is 1.17 bits per heavy atom. The van der Waals surface area contributed by atoms with Gasteiger partial charge in [0.2, 0.25) is 0 Å². The van der Waals surface area contributed by atoms with Gasteiger partial charge in [0.1, 0.15) is 18.2 Å². The third-order valence-electron chi connectivity index (χ3n) is 3.69. The summed E-state index contributed by atoms with van der Waals surface area (Å²) in [6.07, 6.45) is 0. The maximum atomic E-state index is 11.3. The molecule has 0 aliphatic heterocycles. The summed E-state index contributed by atoms with van der Waals surface area (Å²) < 4.78 is 7.72. The van der Waals surface area contributed by atoms with Crippen molar-refractivity contribution in [3.05, 3.63) is 59.9 Å². The minimum absolute atomic E-state index is 0.0290. The molecule has 23 heavy (non-hydrogen) atoms. The number of carbonyl (C=O) groups is 1. The second-order valence-electron chi connectivity index (χ2n) is 5.26. The standard InChI is InChI=1S/C18H18N2O3/c1-13(22)14-6-8-15(9-7-14)23-12-18-19-16-4-2-3-5-17(16)20(18)10-11-21/h2-9,21H,10-12H2,1H3. The lowest BCUT2D eigenvalue weighted by Crippen LogP contribution is -2.09. The van der Waals surface area contributed by atoms with Crippen LogP contribution < -0.4 is 4.74 Å². The van der Waals surface area contributed by atoms with E-state index in [2.05, 4.69) is 4.98 Å². The van der Waals surface area contributed by atoms with E-state index in [1.54, 1.807) is 24.3 Å². The molecular weight excluding hydrogens is 292 g/mol. The van der Waals surface area contributed by atoms with Gasteiger partial charge in [-0.25, -0.2) is 4.98 Å². The Hall–Kier alpha value is -2.66. The number of rotatable bonds is 6. The lowest BCUT2D eigenvalue weighted by atomic mass is 10.1. The number of para-hydroxylation sites is 2. The van der Waals surface area contributed by atoms with Gasteiger partial charge in [-0.15, -0.1) is 0 Å². The van der Waals surface area contributed by atoms with E-state index in [4.69, 9.17) is 4.74 Å². The molecule has 118 valence electrons. The first kappa shape index (κ1) is 15.2. The summed E-state index contributed by atoms with van der Waals surface area (Å²) >= 11 is 0. The third kappa shape index (κ3) is 3.24. The number of fused-ring (bicyclic) bond motifs is 1. The van der Waals surface area contributed by atoms with Gasteiger partial charge in [-0.05, 0) is 43.3 Å². The van der Waals surface area contributed by atoms with Crippen molar-refractivity contribution in [3.8, 4) is 5.75 Å². The Morgan fingerprint density at radius 2 is 1.91 bits per heavy atom. The number of nitrogens with zero attached hydrogens (tertiary/aromatic N) is 2. The fourth-order valence-electron chi connectivity index (χ4n) is 2.52. The molecule has 0 aliphatic carbocycles. The molecule has 0 saturated carbocycles. The van der Waals surface area contributed by atoms with Crippen LogP contribution in [0.3, 0.4) is 0 Å². The van der Waals surface area contributed by atoms with Crippen molar-refractivity contribution in [2.45, 2.75) is 20.1 Å². The first-order valence-corrected chi connectivity index (χ1v) is 7.48. The Morgan fingerprint density at radius 3 is 2.61 bits per heavy atom. The Labute approximate surface area is 134 Å². The highest BCUT2D eigenvalue weighted by Gasteiger charge is 2.10. The molecule has 2 aromatic carbocycles. The van der Waals surface area contributed by atoms with Crippen LogP contribution in [0.25, 0.3) is 11.0 Å². The van der Waals surface area contributed by atoms with Crippen LogP contribution in [-0.4, -0.2) is 27.0 Å². The zero-order valence-electron chi connectivity index (χ0n) is 12.9. The molecule has 0 atom stereocenters. The molecule has 0 amide bonds. The monoisotopic (exact) mass is 310 g/mol. The van der Waals surface area contributed by atoms with Crippen LogP contribution in [0, 0.1) is 0 Å². The number of ether oxygens (including phenoxy) is 1. The van der Waals surface area contributed by atoms with Crippen LogP contribution in [0.2, 0.25) is 0 Å². The molecule has 3 rings (SSSR count). The van der Waals surface area contributed by atoms with Crippen LogP contribution in [0.4, 0.5) is 0 Å². The fourth-order valence-corrected chi connectivity index (χ4v) is 2.52. The molecule has 1 aromatic heterocycles. The topological polar surface area (TPSA) is 64.3 Å². The summed E-state index contributed by atoms with van der Waals surface area (Å²) in [5.41, 5.74) is 2.52. The number of hydrogen-bond acceptors (Lipinski definition) is 4. The predicted molar refractivity (Wildman–Crippen MR) is 87.6 cm³/mol. The first-order valence-electron chi connectivity index (χ1n) is 7.48. The SMILES string of the molecule is CC(=O)c1ccc(OCc2nc3ccccc3n2CCO)cc1. The average Bonchev–Trinajstić information content (AvgIpc) is 2.92. The number of hydrogen-bond donors (Lipinski definition) is 1. The highest BCUT2D eigenvalue weighted by atomic mass is 16.5. The van der Waals surface area contributed by atoms with Crippen molar-refractivity contribution < 1.29 is 14.6 Å². The minimum Gasteiger partial charge on any atom is -0.486 e. The van der Waals surface area contributed by atoms with Gasteiger partial charge in [-0.3, -0.25) is 4.79 Å². The quantitative estimate of drug-likeness (QED) is 0.711. The summed E-state index contributed by atoms with van der Waals surface area (Å²) in [6.45, 7) is 2.35. The Kier molecular flexibility index (Phi) is 4.39. The van der Waals surface area contributed by atoms with Gasteiger partial charge in [0.15, 0.2) is 5.78 Å². The Balaban J connectivity index is 1.81. The maximum Gasteiger partial charge on any atom is 0.159 e. The van der Waals surface area contributed by atoms with Crippen LogP contribution in [0.1, 0.15) is 23.1 Å². The van der Waals surface area contributed by atoms with Crippen LogP contribution in [0.15, 0.2) is 48.5 Å². The van der Waals surface area contributed by atoms with E-state index >= 15 is 0 Å². The molecule has 1 heterocycles. The highest BCUT2D eigenvalue weighted by Crippen LogP contribution is 2.19. The van der Waals surface area contributed by atoms with Crippen molar-refractivity contribution in [1.29, 1.82) is 0 Å². The number of carbonyl (C=O) groups excluding carboxylic acids is 1. The first-order chi connectivity index (χ1) is 11.2. The van der Waals surface area contributed by atoms with Gasteiger partial charge in [0, 0.05) is 12.1 Å². The summed E-state index contributed by atoms with van der Waals surface area (Å²) in [5, 5.41) is 9.27. The number of ketones is 1. The average molecular weight is 310 g/mol. The molecule has 0 unspecified atom stereocenters. The highest BCUT2D eigenvalue weighted by molar-refractivity contribution is 5.94. The predicted octanol–water partition coefficient (Wildman–Crippen LogP) is 2.81. The molecule has 5 heteroatoms. The number of aliphatic hydroxyl groups excluding tert-OH is 1. The molecule has 5 nitrogen and oxygen atoms in total. The van der Waals surface area contributed by atoms with Crippen LogP contribution >= 0.6 is 0 Å². The van der Waals surface area contributed by atoms with E-state index < -0.39 is 0 Å². The van der Waals surface area contributed by atoms with Gasteiger partial charge in [0.05, 0.1) is 17.6 Å². The lowest BCUT2D eigenvalue weighted by Gasteiger charge is -2.09. The third-order valence-corrected chi connectivity index (χ3v) is 3.69. The minimum atomic E-state index is 0.0290. The largest absolute Gasteiger partial charge is 0.486 e. The summed E-state index contributed by atoms with van der Waals surface area (Å²) in [4.78, 5) is 15.8. The number of Topliss-reactive ketones (excluding diaryl/α,β-unsaturated/α-hetero) is 1. The van der Waals surface area contributed by atoms with Crippen LogP contribution in [0.5, 0.6) is 5.75 Å². The molecule has 0 saturated heterocycles. The van der Waals surface area contributed by atoms with Gasteiger partial charge in [-0.2, -0.15) is 0 Å². The summed E-state index contributed by atoms with van der Waals surface area (Å²) in [6, 6.07) is 14.8. The molecule has 0 aliphatic rings. The number of imidazole rings is 1. The Bertz CT molecular complexity index is 822. The zero-order valence-corrected chi connectivity index (χ0v) is 12.9. The van der Waals surface area contributed by atoms with Crippen molar-refractivity contribution in [3.63, 3.8) is 0 Å². The summed E-state index contributed by atoms with van der Waals surface area (Å²) in [5.74, 6) is 1.47. The van der Waals surface area contributed by atoms with Gasteiger partial charge < -0.3 is 14.4 Å². The summed E-state index contributed by atoms with van der Waals surface area (Å²) in [7, 11) is 0. The van der Waals surface area contributed by atoms with E-state index in [0.717, 1.165) is 16.9 Å². The zero-order chi connectivity index (χ0) is 16.2. The molecule has 0 spiro atoms. The molecule has 0 fully saturated rings. The van der Waals surface area contributed by atoms with E-state index in [0.29, 0.717) is 24.5 Å². The second-order valence-corrected chi connectivity index (χ2v) is 5.26. The molecule has 0 bridgehead atoms. The van der Waals surface area contributed by atoms with Crippen LogP contribution in [-0.2, 0) is 13.2 Å². The second kappa shape index (κ2) is 6.62. The molecule has 1 N–H and O–H groups in total.